The number of allylic oxidation sites excluding steroid dienone is 1. The first-order valence-corrected chi connectivity index (χ1v) is 6.60. The molecule has 0 heterocycles. The Kier molecular flexibility index (Phi) is 5.07. The summed E-state index contributed by atoms with van der Waals surface area (Å²) in [6.07, 6.45) is 0.820. The average molecular weight is 268 g/mol. The number of ketones is 1. The van der Waals surface area contributed by atoms with Gasteiger partial charge in [0.15, 0.2) is 5.78 Å². The fraction of sp³-hybridized carbons (Fsp3) is 0.667. The van der Waals surface area contributed by atoms with Crippen LogP contribution in [-0.4, -0.2) is 38.9 Å². The van der Waals surface area contributed by atoms with E-state index in [-0.39, 0.29) is 12.2 Å². The summed E-state index contributed by atoms with van der Waals surface area (Å²) in [5, 5.41) is 30.2. The van der Waals surface area contributed by atoms with E-state index < -0.39 is 23.7 Å². The van der Waals surface area contributed by atoms with Gasteiger partial charge in [-0.1, -0.05) is 12.2 Å². The Morgan fingerprint density at radius 3 is 2.74 bits per heavy atom. The molecule has 0 saturated carbocycles. The molecule has 0 bridgehead atoms. The maximum Gasteiger partial charge on any atom is 0.158 e. The number of hydrogen-bond donors (Lipinski definition) is 3. The first kappa shape index (κ1) is 16.1. The summed E-state index contributed by atoms with van der Waals surface area (Å²) in [6.45, 7) is 8.66. The van der Waals surface area contributed by atoms with Crippen LogP contribution in [0.15, 0.2) is 23.8 Å². The lowest BCUT2D eigenvalue weighted by atomic mass is 9.74. The normalized spacial score (nSPS) is 28.5. The number of Topliss-reactive ketones (excluding diaryl/α,β-unsaturated/α-hetero) is 1. The van der Waals surface area contributed by atoms with Gasteiger partial charge in [0, 0.05) is 12.3 Å². The van der Waals surface area contributed by atoms with E-state index in [2.05, 4.69) is 6.58 Å². The Bertz CT molecular complexity index is 395. The molecular weight excluding hydrogens is 244 g/mol. The molecule has 4 nitrogen and oxygen atoms in total. The van der Waals surface area contributed by atoms with Crippen LogP contribution >= 0.6 is 0 Å². The molecule has 0 radical (unpaired) electrons. The molecule has 0 aromatic carbocycles. The van der Waals surface area contributed by atoms with Crippen LogP contribution in [-0.2, 0) is 4.79 Å². The largest absolute Gasteiger partial charge is 0.390 e. The number of carbonyl (C=O) groups is 1. The molecule has 1 aliphatic rings. The number of aliphatic hydroxyl groups is 3. The first-order chi connectivity index (χ1) is 8.65. The summed E-state index contributed by atoms with van der Waals surface area (Å²) >= 11 is 0. The van der Waals surface area contributed by atoms with Crippen molar-refractivity contribution in [3.63, 3.8) is 0 Å². The van der Waals surface area contributed by atoms with E-state index in [9.17, 15) is 20.1 Å². The molecule has 0 saturated heterocycles. The second-order valence-electron chi connectivity index (χ2n) is 5.83. The number of hydrogen-bond acceptors (Lipinski definition) is 4. The van der Waals surface area contributed by atoms with Gasteiger partial charge in [-0.25, -0.2) is 0 Å². The van der Waals surface area contributed by atoms with Crippen LogP contribution in [0.25, 0.3) is 0 Å². The van der Waals surface area contributed by atoms with E-state index in [4.69, 9.17) is 0 Å². The second-order valence-corrected chi connectivity index (χ2v) is 5.83. The summed E-state index contributed by atoms with van der Waals surface area (Å²) < 4.78 is 0. The molecule has 3 N–H and O–H groups in total. The third-order valence-corrected chi connectivity index (χ3v) is 3.97. The van der Waals surface area contributed by atoms with E-state index in [0.717, 1.165) is 0 Å². The SMILES string of the molecule is C=C(C)C(O)CCC(C)(O)C1CC(=O)C(C)=CC1O. The van der Waals surface area contributed by atoms with E-state index in [1.54, 1.807) is 20.8 Å². The molecule has 19 heavy (non-hydrogen) atoms. The van der Waals surface area contributed by atoms with Gasteiger partial charge >= 0.3 is 0 Å². The lowest BCUT2D eigenvalue weighted by Crippen LogP contribution is -2.45. The van der Waals surface area contributed by atoms with Crippen LogP contribution in [0.1, 0.15) is 40.0 Å². The Labute approximate surface area is 114 Å². The Morgan fingerprint density at radius 2 is 2.21 bits per heavy atom. The van der Waals surface area contributed by atoms with E-state index in [1.165, 1.54) is 6.08 Å². The molecule has 4 atom stereocenters. The van der Waals surface area contributed by atoms with Crippen molar-refractivity contribution in [3.8, 4) is 0 Å². The van der Waals surface area contributed by atoms with Crippen molar-refractivity contribution in [1.29, 1.82) is 0 Å². The molecule has 0 amide bonds. The van der Waals surface area contributed by atoms with Gasteiger partial charge < -0.3 is 15.3 Å². The highest BCUT2D eigenvalue weighted by Gasteiger charge is 2.40. The molecule has 4 heteroatoms. The fourth-order valence-electron chi connectivity index (χ4n) is 2.40. The van der Waals surface area contributed by atoms with Crippen LogP contribution in [0.2, 0.25) is 0 Å². The van der Waals surface area contributed by atoms with Crippen molar-refractivity contribution < 1.29 is 20.1 Å². The maximum atomic E-state index is 11.7. The third-order valence-electron chi connectivity index (χ3n) is 3.97. The minimum atomic E-state index is -1.19. The highest BCUT2D eigenvalue weighted by Crippen LogP contribution is 2.34. The van der Waals surface area contributed by atoms with E-state index in [0.29, 0.717) is 24.0 Å². The van der Waals surface area contributed by atoms with Gasteiger partial charge in [-0.3, -0.25) is 4.79 Å². The fourth-order valence-corrected chi connectivity index (χ4v) is 2.40. The van der Waals surface area contributed by atoms with Gasteiger partial charge in [-0.2, -0.15) is 0 Å². The molecule has 4 unspecified atom stereocenters. The standard InChI is InChI=1S/C15H24O4/c1-9(2)12(16)5-6-15(4,19)11-8-13(17)10(3)7-14(11)18/h7,11-12,14,16,18-19H,1,5-6,8H2,2-4H3. The molecule has 108 valence electrons. The topological polar surface area (TPSA) is 77.8 Å². The van der Waals surface area contributed by atoms with Crippen molar-refractivity contribution >= 4 is 5.78 Å². The van der Waals surface area contributed by atoms with E-state index in [1.807, 2.05) is 0 Å². The summed E-state index contributed by atoms with van der Waals surface area (Å²) in [7, 11) is 0. The highest BCUT2D eigenvalue weighted by molar-refractivity contribution is 5.96. The summed E-state index contributed by atoms with van der Waals surface area (Å²) in [6, 6.07) is 0. The zero-order valence-electron chi connectivity index (χ0n) is 11.9. The molecule has 0 aliphatic heterocycles. The first-order valence-electron chi connectivity index (χ1n) is 6.60. The van der Waals surface area contributed by atoms with Crippen LogP contribution in [0.3, 0.4) is 0 Å². The Hall–Kier alpha value is -0.970. The molecule has 0 spiro atoms. The van der Waals surface area contributed by atoms with Gasteiger partial charge in [0.05, 0.1) is 17.8 Å². The average Bonchev–Trinajstić information content (AvgIpc) is 2.30. The van der Waals surface area contributed by atoms with Crippen LogP contribution in [0.5, 0.6) is 0 Å². The van der Waals surface area contributed by atoms with E-state index >= 15 is 0 Å². The van der Waals surface area contributed by atoms with Crippen molar-refractivity contribution in [3.05, 3.63) is 23.8 Å². The minimum absolute atomic E-state index is 0.0453. The zero-order valence-corrected chi connectivity index (χ0v) is 11.9. The lowest BCUT2D eigenvalue weighted by Gasteiger charge is -2.37. The van der Waals surface area contributed by atoms with Gasteiger partial charge in [0.1, 0.15) is 0 Å². The smallest absolute Gasteiger partial charge is 0.158 e. The van der Waals surface area contributed by atoms with Crippen molar-refractivity contribution in [1.82, 2.24) is 0 Å². The van der Waals surface area contributed by atoms with Crippen molar-refractivity contribution in [2.75, 3.05) is 0 Å². The number of aliphatic hydroxyl groups excluding tert-OH is 2. The highest BCUT2D eigenvalue weighted by atomic mass is 16.3. The van der Waals surface area contributed by atoms with Gasteiger partial charge in [0.2, 0.25) is 0 Å². The zero-order chi connectivity index (χ0) is 14.8. The predicted molar refractivity (Wildman–Crippen MR) is 73.6 cm³/mol. The molecule has 0 aromatic rings. The number of carbonyl (C=O) groups excluding carboxylic acids is 1. The van der Waals surface area contributed by atoms with Gasteiger partial charge in [-0.15, -0.1) is 0 Å². The van der Waals surface area contributed by atoms with Crippen LogP contribution in [0, 0.1) is 5.92 Å². The third kappa shape index (κ3) is 4.00. The van der Waals surface area contributed by atoms with Gasteiger partial charge in [-0.05, 0) is 45.3 Å². The Morgan fingerprint density at radius 1 is 1.63 bits per heavy atom. The molecule has 0 fully saturated rings. The summed E-state index contributed by atoms with van der Waals surface area (Å²) in [5.41, 5.74) is -0.00349. The minimum Gasteiger partial charge on any atom is -0.390 e. The monoisotopic (exact) mass is 268 g/mol. The lowest BCUT2D eigenvalue weighted by molar-refractivity contribution is -0.124. The number of rotatable bonds is 5. The second kappa shape index (κ2) is 5.99. The van der Waals surface area contributed by atoms with Gasteiger partial charge in [0.25, 0.3) is 0 Å². The predicted octanol–water partition coefficient (Wildman–Crippen LogP) is 1.35. The molecule has 1 aliphatic carbocycles. The summed E-state index contributed by atoms with van der Waals surface area (Å²) in [5.74, 6) is -0.572. The van der Waals surface area contributed by atoms with Crippen LogP contribution in [0.4, 0.5) is 0 Å². The molecule has 1 rings (SSSR count). The Balaban J connectivity index is 2.72. The molecular formula is C15H24O4. The van der Waals surface area contributed by atoms with Crippen molar-refractivity contribution in [2.45, 2.75) is 57.8 Å². The van der Waals surface area contributed by atoms with Crippen LogP contribution < -0.4 is 0 Å². The quantitative estimate of drug-likeness (QED) is 0.658. The van der Waals surface area contributed by atoms with Crippen molar-refractivity contribution in [2.24, 2.45) is 5.92 Å². The maximum absolute atomic E-state index is 11.7. The molecule has 0 aromatic heterocycles. The summed E-state index contributed by atoms with van der Waals surface area (Å²) in [4.78, 5) is 11.7.